The Bertz CT molecular complexity index is 704. The van der Waals surface area contributed by atoms with Crippen LogP contribution in [0.5, 0.6) is 0 Å². The average Bonchev–Trinajstić information content (AvgIpc) is 3.02. The van der Waals surface area contributed by atoms with Crippen LogP contribution in [-0.2, 0) is 12.8 Å². The van der Waals surface area contributed by atoms with Gasteiger partial charge in [-0.3, -0.25) is 0 Å². The molecule has 2 heterocycles. The summed E-state index contributed by atoms with van der Waals surface area (Å²) in [6.45, 7) is 0. The van der Waals surface area contributed by atoms with Crippen molar-refractivity contribution in [2.45, 2.75) is 14.4 Å². The lowest BCUT2D eigenvalue weighted by molar-refractivity contribution is 0.874. The molecule has 0 saturated heterocycles. The van der Waals surface area contributed by atoms with Crippen LogP contribution < -0.4 is 0 Å². The van der Waals surface area contributed by atoms with Crippen molar-refractivity contribution in [3.63, 3.8) is 0 Å². The number of imidazole rings is 1. The van der Waals surface area contributed by atoms with Crippen LogP contribution in [0.4, 0.5) is 0 Å². The maximum Gasteiger partial charge on any atom is 0.175 e. The fourth-order valence-corrected chi connectivity index (χ4v) is 4.21. The molecule has 0 N–H and O–H groups in total. The Morgan fingerprint density at radius 1 is 1.21 bits per heavy atom. The van der Waals surface area contributed by atoms with Gasteiger partial charge < -0.3 is 4.57 Å². The van der Waals surface area contributed by atoms with Crippen LogP contribution in [0.15, 0.2) is 32.9 Å². The Morgan fingerprint density at radius 2 is 2.00 bits per heavy atom. The smallest absolute Gasteiger partial charge is 0.175 e. The highest BCUT2D eigenvalue weighted by Crippen LogP contribution is 2.29. The van der Waals surface area contributed by atoms with Crippen molar-refractivity contribution in [2.24, 2.45) is 7.05 Å². The molecule has 0 aliphatic rings. The molecule has 0 radical (unpaired) electrons. The largest absolute Gasteiger partial charge is 0.330 e. The van der Waals surface area contributed by atoms with E-state index in [1.165, 1.54) is 5.52 Å². The average molecular weight is 308 g/mol. The van der Waals surface area contributed by atoms with Gasteiger partial charge in [-0.1, -0.05) is 47.0 Å². The third-order valence-corrected chi connectivity index (χ3v) is 5.80. The minimum atomic E-state index is 0.814. The first-order chi connectivity index (χ1) is 9.28. The number of aromatic nitrogens is 4. The fraction of sp³-hybridized carbons (Fsp3) is 0.250. The van der Waals surface area contributed by atoms with E-state index in [-0.39, 0.29) is 0 Å². The summed E-state index contributed by atoms with van der Waals surface area (Å²) in [6, 6.07) is 8.19. The van der Waals surface area contributed by atoms with Gasteiger partial charge in [0.25, 0.3) is 0 Å². The minimum absolute atomic E-state index is 0.814. The third kappa shape index (κ3) is 2.63. The van der Waals surface area contributed by atoms with E-state index >= 15 is 0 Å². The van der Waals surface area contributed by atoms with Crippen LogP contribution in [0.2, 0.25) is 0 Å². The van der Waals surface area contributed by atoms with Gasteiger partial charge in [-0.25, -0.2) is 4.98 Å². The first-order valence-corrected chi connectivity index (χ1v) is 8.71. The van der Waals surface area contributed by atoms with Gasteiger partial charge in [0.1, 0.15) is 5.82 Å². The third-order valence-electron chi connectivity index (χ3n) is 2.77. The molecule has 7 heteroatoms. The van der Waals surface area contributed by atoms with E-state index in [1.807, 2.05) is 24.5 Å². The van der Waals surface area contributed by atoms with Crippen LogP contribution in [-0.4, -0.2) is 26.0 Å². The van der Waals surface area contributed by atoms with Crippen LogP contribution in [0.1, 0.15) is 5.82 Å². The Morgan fingerprint density at radius 3 is 2.74 bits per heavy atom. The summed E-state index contributed by atoms with van der Waals surface area (Å²) in [5.41, 5.74) is 2.21. The lowest BCUT2D eigenvalue weighted by Crippen LogP contribution is -1.95. The zero-order chi connectivity index (χ0) is 13.2. The summed E-state index contributed by atoms with van der Waals surface area (Å²) in [4.78, 5) is 4.65. The highest BCUT2D eigenvalue weighted by Gasteiger charge is 2.09. The topological polar surface area (TPSA) is 43.6 Å². The molecular weight excluding hydrogens is 296 g/mol. The Hall–Kier alpha value is -1.05. The van der Waals surface area contributed by atoms with Gasteiger partial charge in [0.05, 0.1) is 16.8 Å². The van der Waals surface area contributed by atoms with Gasteiger partial charge >= 0.3 is 0 Å². The van der Waals surface area contributed by atoms with E-state index in [0.29, 0.717) is 0 Å². The molecule has 1 aromatic carbocycles. The first-order valence-electron chi connectivity index (χ1n) is 5.68. The van der Waals surface area contributed by atoms with Crippen molar-refractivity contribution in [3.05, 3.63) is 30.1 Å². The highest BCUT2D eigenvalue weighted by atomic mass is 32.2. The number of benzene rings is 1. The molecule has 0 saturated carbocycles. The number of hydrogen-bond acceptors (Lipinski definition) is 6. The molecule has 2 aromatic heterocycles. The predicted molar refractivity (Wildman–Crippen MR) is 82.0 cm³/mol. The molecule has 0 fully saturated rings. The fourth-order valence-electron chi connectivity index (χ4n) is 1.79. The van der Waals surface area contributed by atoms with E-state index in [1.54, 1.807) is 34.9 Å². The van der Waals surface area contributed by atoms with Gasteiger partial charge in [0.2, 0.25) is 0 Å². The zero-order valence-electron chi connectivity index (χ0n) is 10.5. The second-order valence-electron chi connectivity index (χ2n) is 3.90. The van der Waals surface area contributed by atoms with Gasteiger partial charge in [0, 0.05) is 7.05 Å². The van der Waals surface area contributed by atoms with E-state index in [2.05, 4.69) is 32.9 Å². The van der Waals surface area contributed by atoms with Crippen molar-refractivity contribution in [1.82, 2.24) is 19.7 Å². The Balaban J connectivity index is 1.79. The number of thioether (sulfide) groups is 2. The number of hydrogen-bond donors (Lipinski definition) is 0. The van der Waals surface area contributed by atoms with E-state index in [4.69, 9.17) is 0 Å². The maximum atomic E-state index is 4.65. The number of rotatable bonds is 4. The van der Waals surface area contributed by atoms with Crippen LogP contribution >= 0.6 is 34.9 Å². The molecule has 0 atom stereocenters. The van der Waals surface area contributed by atoms with Gasteiger partial charge in [-0.15, -0.1) is 10.2 Å². The normalized spacial score (nSPS) is 11.3. The Labute approximate surface area is 123 Å². The molecule has 3 aromatic rings. The van der Waals surface area contributed by atoms with Crippen LogP contribution in [0.25, 0.3) is 11.0 Å². The van der Waals surface area contributed by atoms with E-state index < -0.39 is 0 Å². The molecule has 0 bridgehead atoms. The molecular formula is C12H12N4S3. The zero-order valence-corrected chi connectivity index (χ0v) is 13.0. The number of para-hydroxylation sites is 2. The summed E-state index contributed by atoms with van der Waals surface area (Å²) in [5, 5.41) is 8.25. The lowest BCUT2D eigenvalue weighted by Gasteiger charge is -1.99. The second-order valence-corrected chi connectivity index (χ2v) is 7.16. The minimum Gasteiger partial charge on any atom is -0.330 e. The van der Waals surface area contributed by atoms with Crippen LogP contribution in [0.3, 0.4) is 0 Å². The van der Waals surface area contributed by atoms with Crippen LogP contribution in [0, 0.1) is 0 Å². The molecule has 4 nitrogen and oxygen atoms in total. The molecule has 3 rings (SSSR count). The molecule has 0 aliphatic carbocycles. The predicted octanol–water partition coefficient (Wildman–Crippen LogP) is 3.44. The summed E-state index contributed by atoms with van der Waals surface area (Å²) >= 11 is 4.95. The van der Waals surface area contributed by atoms with Gasteiger partial charge in [-0.05, 0) is 18.4 Å². The number of aryl methyl sites for hydroxylation is 1. The lowest BCUT2D eigenvalue weighted by atomic mass is 10.3. The quantitative estimate of drug-likeness (QED) is 0.691. The summed E-state index contributed by atoms with van der Waals surface area (Å²) in [7, 11) is 2.05. The number of fused-ring (bicyclic) bond motifs is 1. The van der Waals surface area contributed by atoms with Crippen molar-refractivity contribution < 1.29 is 0 Å². The molecule has 0 unspecified atom stereocenters. The summed E-state index contributed by atoms with van der Waals surface area (Å²) in [6.07, 6.45) is 2.01. The van der Waals surface area contributed by atoms with E-state index in [0.717, 1.165) is 25.8 Å². The van der Waals surface area contributed by atoms with Crippen molar-refractivity contribution in [3.8, 4) is 0 Å². The molecule has 0 spiro atoms. The molecule has 0 aliphatic heterocycles. The maximum absolute atomic E-state index is 4.65. The molecule has 19 heavy (non-hydrogen) atoms. The monoisotopic (exact) mass is 308 g/mol. The SMILES string of the molecule is CSc1nnc(SCc2nc3ccccc3n2C)s1. The summed E-state index contributed by atoms with van der Waals surface area (Å²) < 4.78 is 4.14. The van der Waals surface area contributed by atoms with Crippen molar-refractivity contribution >= 4 is 45.9 Å². The highest BCUT2D eigenvalue weighted by molar-refractivity contribution is 8.02. The first kappa shape index (κ1) is 13.0. The van der Waals surface area contributed by atoms with Crippen molar-refractivity contribution in [2.75, 3.05) is 6.26 Å². The molecule has 0 amide bonds. The molecule has 98 valence electrons. The van der Waals surface area contributed by atoms with Gasteiger partial charge in [-0.2, -0.15) is 0 Å². The van der Waals surface area contributed by atoms with E-state index in [9.17, 15) is 0 Å². The second kappa shape index (κ2) is 5.52. The van der Waals surface area contributed by atoms with Gasteiger partial charge in [0.15, 0.2) is 8.68 Å². The Kier molecular flexibility index (Phi) is 3.76. The summed E-state index contributed by atoms with van der Waals surface area (Å²) in [5.74, 6) is 1.88. The van der Waals surface area contributed by atoms with Crippen molar-refractivity contribution in [1.29, 1.82) is 0 Å². The number of nitrogens with zero attached hydrogens (tertiary/aromatic N) is 4. The standard InChI is InChI=1S/C12H12N4S3/c1-16-9-6-4-3-5-8(9)13-10(16)7-18-12-15-14-11(17-2)19-12/h3-6H,7H2,1-2H3.